The van der Waals surface area contributed by atoms with Crippen LogP contribution in [-0.4, -0.2) is 44.2 Å². The Kier molecular flexibility index (Phi) is 8.26. The SMILES string of the molecule is CCOc1ccc(N(C(=O)CCCCCN2C(=O)c3ccccc3C2=O)S(=O)(=O)c2ccc(C)cc2)cc1. The van der Waals surface area contributed by atoms with E-state index in [2.05, 4.69) is 0 Å². The standard InChI is InChI=1S/C29H30N2O6S/c1-3-37-23-16-14-22(15-17-23)31(38(35,36)24-18-12-21(2)13-19-24)27(32)11-5-4-8-20-30-28(33)25-9-6-7-10-26(25)29(30)34/h6-7,9-10,12-19H,3-5,8,11,20H2,1-2H3. The molecule has 1 heterocycles. The number of anilines is 1. The first kappa shape index (κ1) is 27.1. The van der Waals surface area contributed by atoms with E-state index in [4.69, 9.17) is 4.74 Å². The van der Waals surface area contributed by atoms with Gasteiger partial charge in [0.25, 0.3) is 21.8 Å². The van der Waals surface area contributed by atoms with Crippen LogP contribution in [0.3, 0.4) is 0 Å². The first-order valence-corrected chi connectivity index (χ1v) is 14.0. The third kappa shape index (κ3) is 5.62. The Hall–Kier alpha value is -3.98. The minimum absolute atomic E-state index is 0.0135. The fourth-order valence-corrected chi connectivity index (χ4v) is 5.79. The summed E-state index contributed by atoms with van der Waals surface area (Å²) >= 11 is 0. The van der Waals surface area contributed by atoms with Crippen molar-refractivity contribution in [3.8, 4) is 5.75 Å². The normalized spacial score (nSPS) is 12.9. The number of sulfonamides is 1. The molecule has 9 heteroatoms. The highest BCUT2D eigenvalue weighted by atomic mass is 32.2. The second-order valence-electron chi connectivity index (χ2n) is 9.02. The number of hydrogen-bond acceptors (Lipinski definition) is 6. The van der Waals surface area contributed by atoms with E-state index in [0.717, 1.165) is 9.87 Å². The average Bonchev–Trinajstić information content (AvgIpc) is 3.15. The molecule has 0 atom stereocenters. The van der Waals surface area contributed by atoms with Crippen LogP contribution in [0.1, 0.15) is 58.9 Å². The fraction of sp³-hybridized carbons (Fsp3) is 0.276. The number of rotatable bonds is 11. The van der Waals surface area contributed by atoms with E-state index in [1.807, 2.05) is 13.8 Å². The molecule has 0 aromatic heterocycles. The minimum Gasteiger partial charge on any atom is -0.494 e. The molecule has 4 rings (SSSR count). The van der Waals surface area contributed by atoms with Crippen molar-refractivity contribution in [3.63, 3.8) is 0 Å². The summed E-state index contributed by atoms with van der Waals surface area (Å²) < 4.78 is 33.4. The van der Waals surface area contributed by atoms with Gasteiger partial charge in [-0.3, -0.25) is 19.3 Å². The van der Waals surface area contributed by atoms with Crippen molar-refractivity contribution < 1.29 is 27.5 Å². The predicted molar refractivity (Wildman–Crippen MR) is 144 cm³/mol. The first-order chi connectivity index (χ1) is 18.2. The maximum absolute atomic E-state index is 13.5. The minimum atomic E-state index is -4.15. The van der Waals surface area contributed by atoms with Crippen molar-refractivity contribution in [1.29, 1.82) is 0 Å². The predicted octanol–water partition coefficient (Wildman–Crippen LogP) is 4.97. The maximum Gasteiger partial charge on any atom is 0.270 e. The number of hydrogen-bond donors (Lipinski definition) is 0. The molecule has 1 aliphatic rings. The Morgan fingerprint density at radius 1 is 0.842 bits per heavy atom. The Balaban J connectivity index is 1.42. The molecule has 0 spiro atoms. The summed E-state index contributed by atoms with van der Waals surface area (Å²) in [6.07, 6.45) is 1.44. The molecule has 3 aromatic carbocycles. The molecule has 0 unspecified atom stereocenters. The molecule has 0 N–H and O–H groups in total. The lowest BCUT2D eigenvalue weighted by Crippen LogP contribution is -2.37. The lowest BCUT2D eigenvalue weighted by Gasteiger charge is -2.23. The van der Waals surface area contributed by atoms with E-state index in [1.165, 1.54) is 17.0 Å². The molecule has 0 fully saturated rings. The third-order valence-corrected chi connectivity index (χ3v) is 8.08. The van der Waals surface area contributed by atoms with Gasteiger partial charge in [0, 0.05) is 13.0 Å². The van der Waals surface area contributed by atoms with E-state index in [0.29, 0.717) is 42.7 Å². The molecule has 8 nitrogen and oxygen atoms in total. The third-order valence-electron chi connectivity index (χ3n) is 6.32. The van der Waals surface area contributed by atoms with Crippen molar-refractivity contribution in [3.05, 3.63) is 89.5 Å². The second-order valence-corrected chi connectivity index (χ2v) is 10.8. The van der Waals surface area contributed by atoms with Crippen LogP contribution in [0.4, 0.5) is 5.69 Å². The largest absolute Gasteiger partial charge is 0.494 e. The number of aryl methyl sites for hydroxylation is 1. The molecular weight excluding hydrogens is 504 g/mol. The van der Waals surface area contributed by atoms with Crippen molar-refractivity contribution in [2.24, 2.45) is 0 Å². The van der Waals surface area contributed by atoms with Crippen LogP contribution in [-0.2, 0) is 14.8 Å². The van der Waals surface area contributed by atoms with Gasteiger partial charge in [-0.2, -0.15) is 0 Å². The Morgan fingerprint density at radius 3 is 2.03 bits per heavy atom. The molecule has 0 radical (unpaired) electrons. The highest BCUT2D eigenvalue weighted by molar-refractivity contribution is 7.93. The monoisotopic (exact) mass is 534 g/mol. The summed E-state index contributed by atoms with van der Waals surface area (Å²) in [5.74, 6) is -0.611. The van der Waals surface area contributed by atoms with Gasteiger partial charge in [-0.25, -0.2) is 12.7 Å². The van der Waals surface area contributed by atoms with Crippen LogP contribution >= 0.6 is 0 Å². The van der Waals surface area contributed by atoms with E-state index < -0.39 is 15.9 Å². The van der Waals surface area contributed by atoms with Gasteiger partial charge in [0.05, 0.1) is 28.3 Å². The number of imide groups is 1. The van der Waals surface area contributed by atoms with E-state index in [-0.39, 0.29) is 35.4 Å². The molecule has 3 amide bonds. The Morgan fingerprint density at radius 2 is 1.45 bits per heavy atom. The first-order valence-electron chi connectivity index (χ1n) is 12.6. The van der Waals surface area contributed by atoms with Gasteiger partial charge in [0.15, 0.2) is 0 Å². The fourth-order valence-electron chi connectivity index (χ4n) is 4.34. The van der Waals surface area contributed by atoms with Crippen LogP contribution in [0, 0.1) is 6.92 Å². The Labute approximate surface area is 222 Å². The van der Waals surface area contributed by atoms with Crippen molar-refractivity contribution >= 4 is 33.4 Å². The number of carbonyl (C=O) groups excluding carboxylic acids is 3. The molecule has 3 aromatic rings. The molecule has 0 bridgehead atoms. The summed E-state index contributed by atoms with van der Waals surface area (Å²) in [7, 11) is -4.15. The van der Waals surface area contributed by atoms with Gasteiger partial charge >= 0.3 is 0 Å². The summed E-state index contributed by atoms with van der Waals surface area (Å²) in [5.41, 5.74) is 1.94. The quantitative estimate of drug-likeness (QED) is 0.254. The van der Waals surface area contributed by atoms with Gasteiger partial charge in [-0.15, -0.1) is 0 Å². The zero-order valence-corrected chi connectivity index (χ0v) is 22.2. The van der Waals surface area contributed by atoms with Crippen LogP contribution in [0.5, 0.6) is 5.75 Å². The van der Waals surface area contributed by atoms with Crippen LogP contribution in [0.25, 0.3) is 0 Å². The molecule has 0 saturated heterocycles. The van der Waals surface area contributed by atoms with Gasteiger partial charge in [-0.1, -0.05) is 36.2 Å². The van der Waals surface area contributed by atoms with Crippen molar-refractivity contribution in [1.82, 2.24) is 4.90 Å². The number of benzene rings is 3. The summed E-state index contributed by atoms with van der Waals surface area (Å²) in [5, 5.41) is 0. The summed E-state index contributed by atoms with van der Waals surface area (Å²) in [6.45, 7) is 4.41. The highest BCUT2D eigenvalue weighted by Gasteiger charge is 2.34. The number of nitrogens with zero attached hydrogens (tertiary/aromatic N) is 2. The van der Waals surface area contributed by atoms with Crippen LogP contribution < -0.4 is 9.04 Å². The topological polar surface area (TPSA) is 101 Å². The second kappa shape index (κ2) is 11.6. The number of amides is 3. The van der Waals surface area contributed by atoms with E-state index in [1.54, 1.807) is 60.7 Å². The van der Waals surface area contributed by atoms with Gasteiger partial charge in [-0.05, 0) is 75.2 Å². The van der Waals surface area contributed by atoms with Crippen LogP contribution in [0.15, 0.2) is 77.7 Å². The number of ether oxygens (including phenoxy) is 1. The summed E-state index contributed by atoms with van der Waals surface area (Å²) in [6, 6.07) is 19.4. The smallest absolute Gasteiger partial charge is 0.270 e. The van der Waals surface area contributed by atoms with Gasteiger partial charge in [0.2, 0.25) is 5.91 Å². The maximum atomic E-state index is 13.5. The molecule has 1 aliphatic heterocycles. The lowest BCUT2D eigenvalue weighted by molar-refractivity contribution is -0.117. The number of unbranched alkanes of at least 4 members (excludes halogenated alkanes) is 2. The summed E-state index contributed by atoms with van der Waals surface area (Å²) in [4.78, 5) is 39.6. The zero-order valence-electron chi connectivity index (χ0n) is 21.4. The molecule has 0 aliphatic carbocycles. The van der Waals surface area contributed by atoms with Gasteiger partial charge in [0.1, 0.15) is 5.75 Å². The number of carbonyl (C=O) groups is 3. The molecular formula is C29H30N2O6S. The molecule has 0 saturated carbocycles. The zero-order chi connectivity index (χ0) is 27.3. The number of fused-ring (bicyclic) bond motifs is 1. The highest BCUT2D eigenvalue weighted by Crippen LogP contribution is 2.28. The van der Waals surface area contributed by atoms with E-state index in [9.17, 15) is 22.8 Å². The molecule has 198 valence electrons. The van der Waals surface area contributed by atoms with Gasteiger partial charge < -0.3 is 4.74 Å². The van der Waals surface area contributed by atoms with Crippen LogP contribution in [0.2, 0.25) is 0 Å². The van der Waals surface area contributed by atoms with E-state index >= 15 is 0 Å². The molecule has 38 heavy (non-hydrogen) atoms. The lowest BCUT2D eigenvalue weighted by atomic mass is 10.1. The average molecular weight is 535 g/mol. The Bertz CT molecular complexity index is 1400. The van der Waals surface area contributed by atoms with Crippen molar-refractivity contribution in [2.75, 3.05) is 17.5 Å². The van der Waals surface area contributed by atoms with Crippen molar-refractivity contribution in [2.45, 2.75) is 44.4 Å².